The number of carboxylic acids is 1. The molecule has 0 aromatic heterocycles. The molecule has 0 saturated heterocycles. The summed E-state index contributed by atoms with van der Waals surface area (Å²) in [6.45, 7) is 12.6. The van der Waals surface area contributed by atoms with Crippen LogP contribution < -0.4 is 10.6 Å². The van der Waals surface area contributed by atoms with Crippen molar-refractivity contribution in [3.05, 3.63) is 42.5 Å². The third-order valence-electron chi connectivity index (χ3n) is 7.58. The first-order valence-electron chi connectivity index (χ1n) is 11.7. The number of methoxy groups -OCH3 is 1. The third kappa shape index (κ3) is 3.59. The molecule has 0 bridgehead atoms. The number of para-hydroxylation sites is 1. The van der Waals surface area contributed by atoms with Crippen LogP contribution in [0.1, 0.15) is 47.5 Å². The Morgan fingerprint density at radius 2 is 1.69 bits per heavy atom. The molecule has 0 aliphatic heterocycles. The van der Waals surface area contributed by atoms with Gasteiger partial charge >= 0.3 is 18.0 Å². The summed E-state index contributed by atoms with van der Waals surface area (Å²) in [5.74, 6) is -4.42. The second kappa shape index (κ2) is 8.70. The van der Waals surface area contributed by atoms with Gasteiger partial charge in [0.1, 0.15) is 5.60 Å². The van der Waals surface area contributed by atoms with Gasteiger partial charge in [-0.2, -0.15) is 0 Å². The Kier molecular flexibility index (Phi) is 6.52. The van der Waals surface area contributed by atoms with Crippen molar-refractivity contribution in [3.63, 3.8) is 0 Å². The summed E-state index contributed by atoms with van der Waals surface area (Å²) >= 11 is 0. The SMILES string of the molecule is C=C1C(CC)(C(=O)Nc2ccccc2)C2C(C(=O)O)C2(CC)C1(NC(=O)OC(C)(C)C)C(=O)OC. The number of aliphatic carboxylic acids is 1. The summed E-state index contributed by atoms with van der Waals surface area (Å²) in [4.78, 5) is 52.9. The molecule has 0 spiro atoms. The van der Waals surface area contributed by atoms with E-state index in [4.69, 9.17) is 9.47 Å². The van der Waals surface area contributed by atoms with Crippen LogP contribution in [0.15, 0.2) is 42.5 Å². The van der Waals surface area contributed by atoms with Crippen LogP contribution in [0, 0.1) is 22.7 Å². The average molecular weight is 487 g/mol. The molecule has 2 aliphatic rings. The Labute approximate surface area is 205 Å². The maximum absolute atomic E-state index is 13.9. The Balaban J connectivity index is 2.22. The zero-order valence-electron chi connectivity index (χ0n) is 21.1. The minimum absolute atomic E-state index is 0.1000. The number of nitrogens with one attached hydrogen (secondary N) is 2. The van der Waals surface area contributed by atoms with Gasteiger partial charge in [0, 0.05) is 17.0 Å². The molecule has 2 amide bonds. The molecular formula is C26H34N2O7. The molecule has 3 N–H and O–H groups in total. The lowest BCUT2D eigenvalue weighted by Gasteiger charge is -2.42. The smallest absolute Gasteiger partial charge is 0.408 e. The molecule has 1 aromatic rings. The first kappa shape index (κ1) is 26.2. The molecule has 0 heterocycles. The van der Waals surface area contributed by atoms with E-state index in [9.17, 15) is 24.3 Å². The van der Waals surface area contributed by atoms with Gasteiger partial charge in [0.15, 0.2) is 5.54 Å². The van der Waals surface area contributed by atoms with E-state index in [1.54, 1.807) is 65.0 Å². The Morgan fingerprint density at radius 1 is 1.09 bits per heavy atom. The van der Waals surface area contributed by atoms with Crippen LogP contribution in [0.25, 0.3) is 0 Å². The van der Waals surface area contributed by atoms with Crippen molar-refractivity contribution >= 4 is 29.6 Å². The summed E-state index contributed by atoms with van der Waals surface area (Å²) in [5, 5.41) is 15.7. The number of benzene rings is 1. The first-order chi connectivity index (χ1) is 16.3. The number of rotatable bonds is 7. The second-order valence-corrected chi connectivity index (χ2v) is 10.2. The topological polar surface area (TPSA) is 131 Å². The largest absolute Gasteiger partial charge is 0.481 e. The average Bonchev–Trinajstić information content (AvgIpc) is 3.43. The molecule has 2 aliphatic carbocycles. The number of carbonyl (C=O) groups is 4. The van der Waals surface area contributed by atoms with Crippen molar-refractivity contribution in [2.45, 2.75) is 58.6 Å². The maximum Gasteiger partial charge on any atom is 0.408 e. The molecule has 190 valence electrons. The van der Waals surface area contributed by atoms with Crippen molar-refractivity contribution in [2.75, 3.05) is 12.4 Å². The van der Waals surface area contributed by atoms with Gasteiger partial charge in [0.25, 0.3) is 0 Å². The number of carbonyl (C=O) groups excluding carboxylic acids is 3. The number of alkyl carbamates (subject to hydrolysis) is 1. The summed E-state index contributed by atoms with van der Waals surface area (Å²) in [6, 6.07) is 8.73. The van der Waals surface area contributed by atoms with Crippen LogP contribution in [0.4, 0.5) is 10.5 Å². The fraction of sp³-hybridized carbons (Fsp3) is 0.538. The van der Waals surface area contributed by atoms with Crippen molar-refractivity contribution < 1.29 is 33.8 Å². The van der Waals surface area contributed by atoms with Crippen molar-refractivity contribution in [3.8, 4) is 0 Å². The van der Waals surface area contributed by atoms with Crippen LogP contribution in [-0.4, -0.2) is 47.3 Å². The molecule has 9 heteroatoms. The molecule has 5 atom stereocenters. The first-order valence-corrected chi connectivity index (χ1v) is 11.7. The zero-order valence-corrected chi connectivity index (χ0v) is 21.1. The van der Waals surface area contributed by atoms with E-state index in [1.165, 1.54) is 0 Å². The van der Waals surface area contributed by atoms with Crippen LogP contribution in [0.3, 0.4) is 0 Å². The number of carboxylic acid groups (broad SMARTS) is 1. The fourth-order valence-corrected chi connectivity index (χ4v) is 6.30. The molecular weight excluding hydrogens is 452 g/mol. The van der Waals surface area contributed by atoms with Gasteiger partial charge in [-0.05, 0) is 51.3 Å². The van der Waals surface area contributed by atoms with E-state index >= 15 is 0 Å². The Bertz CT molecular complexity index is 1060. The van der Waals surface area contributed by atoms with Gasteiger partial charge in [-0.15, -0.1) is 0 Å². The van der Waals surface area contributed by atoms with Crippen molar-refractivity contribution in [1.82, 2.24) is 5.32 Å². The van der Waals surface area contributed by atoms with Crippen molar-refractivity contribution in [2.24, 2.45) is 22.7 Å². The van der Waals surface area contributed by atoms with Crippen LogP contribution in [0.5, 0.6) is 0 Å². The van der Waals surface area contributed by atoms with E-state index in [0.717, 1.165) is 7.11 Å². The van der Waals surface area contributed by atoms with Crippen LogP contribution in [0.2, 0.25) is 0 Å². The van der Waals surface area contributed by atoms with Gasteiger partial charge in [-0.1, -0.05) is 38.6 Å². The third-order valence-corrected chi connectivity index (χ3v) is 7.58. The summed E-state index contributed by atoms with van der Waals surface area (Å²) < 4.78 is 10.6. The number of hydrogen-bond acceptors (Lipinski definition) is 6. The van der Waals surface area contributed by atoms with Crippen LogP contribution >= 0.6 is 0 Å². The van der Waals surface area contributed by atoms with E-state index in [-0.39, 0.29) is 18.4 Å². The molecule has 2 saturated carbocycles. The van der Waals surface area contributed by atoms with E-state index in [2.05, 4.69) is 17.2 Å². The number of anilines is 1. The minimum atomic E-state index is -1.98. The number of hydrogen-bond donors (Lipinski definition) is 3. The van der Waals surface area contributed by atoms with Gasteiger partial charge in [-0.3, -0.25) is 9.59 Å². The maximum atomic E-state index is 13.9. The van der Waals surface area contributed by atoms with Gasteiger partial charge in [-0.25, -0.2) is 9.59 Å². The minimum Gasteiger partial charge on any atom is -0.481 e. The predicted octanol–water partition coefficient (Wildman–Crippen LogP) is 3.75. The van der Waals surface area contributed by atoms with E-state index in [0.29, 0.717) is 5.69 Å². The molecule has 1 aromatic carbocycles. The summed E-state index contributed by atoms with van der Waals surface area (Å²) in [6.07, 6.45) is -0.587. The second-order valence-electron chi connectivity index (χ2n) is 10.2. The lowest BCUT2D eigenvalue weighted by atomic mass is 9.67. The molecule has 5 unspecified atom stereocenters. The van der Waals surface area contributed by atoms with Gasteiger partial charge in [0.05, 0.1) is 18.4 Å². The number of esters is 1. The van der Waals surface area contributed by atoms with Gasteiger partial charge in [0.2, 0.25) is 5.91 Å². The Hall–Kier alpha value is -3.36. The standard InChI is InChI=1S/C26H34N2O7/c1-8-24(20(31)27-16-13-11-10-12-14-16)15(3)26(21(32)34-7,28-22(33)35-23(4,5)6)25(9-2)17(18(24)25)19(29)30/h10-14,17-18H,3,8-9H2,1-2,4-7H3,(H,27,31)(H,28,33)(H,29,30). The lowest BCUT2D eigenvalue weighted by Crippen LogP contribution is -2.63. The highest BCUT2D eigenvalue weighted by Crippen LogP contribution is 2.82. The van der Waals surface area contributed by atoms with Crippen molar-refractivity contribution in [1.29, 1.82) is 0 Å². The van der Waals surface area contributed by atoms with Gasteiger partial charge < -0.3 is 25.2 Å². The molecule has 9 nitrogen and oxygen atoms in total. The predicted molar refractivity (Wildman–Crippen MR) is 128 cm³/mol. The number of amides is 2. The molecule has 3 rings (SSSR count). The lowest BCUT2D eigenvalue weighted by molar-refractivity contribution is -0.151. The number of fused-ring (bicyclic) bond motifs is 1. The van der Waals surface area contributed by atoms with Crippen LogP contribution in [-0.2, 0) is 23.9 Å². The Morgan fingerprint density at radius 3 is 2.14 bits per heavy atom. The number of ether oxygens (including phenoxy) is 2. The van der Waals surface area contributed by atoms with E-state index in [1.807, 2.05) is 0 Å². The summed E-state index contributed by atoms with van der Waals surface area (Å²) in [7, 11) is 1.15. The van der Waals surface area contributed by atoms with E-state index < -0.39 is 57.7 Å². The zero-order chi connectivity index (χ0) is 26.4. The highest BCUT2D eigenvalue weighted by atomic mass is 16.6. The highest BCUT2D eigenvalue weighted by Gasteiger charge is 2.91. The molecule has 0 radical (unpaired) electrons. The molecule has 2 fully saturated rings. The molecule has 35 heavy (non-hydrogen) atoms. The normalized spacial score (nSPS) is 31.2. The highest BCUT2D eigenvalue weighted by molar-refractivity contribution is 6.06. The monoisotopic (exact) mass is 486 g/mol. The quantitative estimate of drug-likeness (QED) is 0.395. The summed E-state index contributed by atoms with van der Waals surface area (Å²) in [5.41, 5.74) is -5.03. The fourth-order valence-electron chi connectivity index (χ4n) is 6.30.